The first kappa shape index (κ1) is 21.9. The van der Waals surface area contributed by atoms with Gasteiger partial charge in [-0.25, -0.2) is 4.98 Å². The number of fused-ring (bicyclic) bond motifs is 1. The van der Waals surface area contributed by atoms with Crippen LogP contribution in [0.4, 0.5) is 0 Å². The van der Waals surface area contributed by atoms with Gasteiger partial charge >= 0.3 is 0 Å². The Labute approximate surface area is 194 Å². The van der Waals surface area contributed by atoms with Gasteiger partial charge in [-0.15, -0.1) is 0 Å². The molecule has 2 fully saturated rings. The van der Waals surface area contributed by atoms with Gasteiger partial charge in [-0.1, -0.05) is 18.2 Å². The van der Waals surface area contributed by atoms with Gasteiger partial charge in [0.25, 0.3) is 5.91 Å². The maximum atomic E-state index is 13.3. The van der Waals surface area contributed by atoms with E-state index in [2.05, 4.69) is 17.1 Å². The number of hydrogen-bond donors (Lipinski definition) is 1. The van der Waals surface area contributed by atoms with Crippen molar-refractivity contribution in [2.45, 2.75) is 44.8 Å². The van der Waals surface area contributed by atoms with Gasteiger partial charge in [-0.2, -0.15) is 0 Å². The van der Waals surface area contributed by atoms with Crippen molar-refractivity contribution < 1.29 is 14.3 Å². The number of carbonyl (C=O) groups excluding carboxylic acids is 1. The minimum absolute atomic E-state index is 0.0285. The van der Waals surface area contributed by atoms with E-state index in [1.807, 2.05) is 61.5 Å². The number of hydrogen-bond acceptors (Lipinski definition) is 5. The Hall–Kier alpha value is -2.96. The summed E-state index contributed by atoms with van der Waals surface area (Å²) < 4.78 is 11.1. The molecule has 33 heavy (non-hydrogen) atoms. The highest BCUT2D eigenvalue weighted by Crippen LogP contribution is 2.30. The quantitative estimate of drug-likeness (QED) is 0.614. The number of pyridine rings is 1. The standard InChI is InChI=1S/C27H31N3O3/c1-3-33-22-10-8-19(9-11-22)26-16-24(23-6-4-5-7-25(23)29-26)27(31)28-20-14-21(15-20)30-12-13-32-17-18(30)2/h4-11,16,18,20-21H,3,12-15,17H2,1-2H3,(H,28,31)/t18-,20?,21?/m1/s1. The fraction of sp³-hybridized carbons (Fsp3) is 0.407. The summed E-state index contributed by atoms with van der Waals surface area (Å²) in [5, 5.41) is 4.15. The van der Waals surface area contributed by atoms with E-state index >= 15 is 0 Å². The molecule has 2 aromatic carbocycles. The number of aromatic nitrogens is 1. The number of morpholine rings is 1. The van der Waals surface area contributed by atoms with E-state index in [1.54, 1.807) is 0 Å². The number of nitrogens with zero attached hydrogens (tertiary/aromatic N) is 2. The smallest absolute Gasteiger partial charge is 0.252 e. The van der Waals surface area contributed by atoms with Gasteiger partial charge in [0.15, 0.2) is 0 Å². The van der Waals surface area contributed by atoms with Gasteiger partial charge in [-0.3, -0.25) is 9.69 Å². The van der Waals surface area contributed by atoms with Crippen LogP contribution in [0.1, 0.15) is 37.0 Å². The van der Waals surface area contributed by atoms with Crippen molar-refractivity contribution in [3.8, 4) is 17.0 Å². The van der Waals surface area contributed by atoms with Crippen LogP contribution in [0.25, 0.3) is 22.2 Å². The molecule has 1 saturated carbocycles. The van der Waals surface area contributed by atoms with Crippen LogP contribution in [0.2, 0.25) is 0 Å². The average molecular weight is 446 g/mol. The SMILES string of the molecule is CCOc1ccc(-c2cc(C(=O)NC3CC(N4CCOC[C@H]4C)C3)c3ccccc3n2)cc1. The Balaban J connectivity index is 1.34. The highest BCUT2D eigenvalue weighted by molar-refractivity contribution is 6.07. The van der Waals surface area contributed by atoms with Crippen molar-refractivity contribution >= 4 is 16.8 Å². The molecule has 1 amide bonds. The molecular formula is C27H31N3O3. The summed E-state index contributed by atoms with van der Waals surface area (Å²) in [5.41, 5.74) is 3.24. The molecule has 0 unspecified atom stereocenters. The van der Waals surface area contributed by atoms with Gasteiger partial charge in [0, 0.05) is 35.6 Å². The van der Waals surface area contributed by atoms with Crippen molar-refractivity contribution in [1.82, 2.24) is 15.2 Å². The molecule has 1 aliphatic carbocycles. The molecule has 2 aliphatic rings. The van der Waals surface area contributed by atoms with E-state index in [0.29, 0.717) is 24.3 Å². The lowest BCUT2D eigenvalue weighted by Crippen LogP contribution is -2.58. The van der Waals surface area contributed by atoms with Gasteiger partial charge in [-0.05, 0) is 63.1 Å². The number of ether oxygens (including phenoxy) is 2. The van der Waals surface area contributed by atoms with Crippen molar-refractivity contribution in [3.05, 3.63) is 60.2 Å². The maximum Gasteiger partial charge on any atom is 0.252 e. The maximum absolute atomic E-state index is 13.3. The van der Waals surface area contributed by atoms with Crippen LogP contribution in [0.5, 0.6) is 5.75 Å². The van der Waals surface area contributed by atoms with Crippen LogP contribution in [0.3, 0.4) is 0 Å². The predicted molar refractivity (Wildman–Crippen MR) is 130 cm³/mol. The van der Waals surface area contributed by atoms with Gasteiger partial charge in [0.05, 0.1) is 36.6 Å². The molecular weight excluding hydrogens is 414 g/mol. The molecule has 6 heteroatoms. The topological polar surface area (TPSA) is 63.7 Å². The van der Waals surface area contributed by atoms with E-state index < -0.39 is 0 Å². The van der Waals surface area contributed by atoms with Crippen LogP contribution in [-0.2, 0) is 4.74 Å². The van der Waals surface area contributed by atoms with Crippen molar-refractivity contribution in [1.29, 1.82) is 0 Å². The fourth-order valence-electron chi connectivity index (χ4n) is 4.92. The zero-order valence-electron chi connectivity index (χ0n) is 19.3. The van der Waals surface area contributed by atoms with Crippen molar-refractivity contribution in [3.63, 3.8) is 0 Å². The van der Waals surface area contributed by atoms with E-state index in [-0.39, 0.29) is 11.9 Å². The minimum Gasteiger partial charge on any atom is -0.494 e. The van der Waals surface area contributed by atoms with Crippen molar-refractivity contribution in [2.24, 2.45) is 0 Å². The summed E-state index contributed by atoms with van der Waals surface area (Å²) in [6.45, 7) is 7.39. The number of benzene rings is 2. The van der Waals surface area contributed by atoms with Gasteiger partial charge in [0.1, 0.15) is 5.75 Å². The molecule has 1 saturated heterocycles. The minimum atomic E-state index is -0.0285. The molecule has 2 heterocycles. The Bertz CT molecular complexity index is 1130. The second-order valence-corrected chi connectivity index (χ2v) is 8.99. The molecule has 0 spiro atoms. The van der Waals surface area contributed by atoms with Crippen LogP contribution < -0.4 is 10.1 Å². The number of amides is 1. The van der Waals surface area contributed by atoms with Crippen LogP contribution >= 0.6 is 0 Å². The molecule has 1 aliphatic heterocycles. The van der Waals surface area contributed by atoms with Crippen molar-refractivity contribution in [2.75, 3.05) is 26.4 Å². The van der Waals surface area contributed by atoms with Crippen LogP contribution in [0.15, 0.2) is 54.6 Å². The Morgan fingerprint density at radius 1 is 1.18 bits per heavy atom. The zero-order chi connectivity index (χ0) is 22.8. The normalized spacial score (nSPS) is 23.2. The first-order valence-corrected chi connectivity index (χ1v) is 11.9. The average Bonchev–Trinajstić information content (AvgIpc) is 2.81. The monoisotopic (exact) mass is 445 g/mol. The molecule has 5 rings (SSSR count). The summed E-state index contributed by atoms with van der Waals surface area (Å²) in [6.07, 6.45) is 1.98. The highest BCUT2D eigenvalue weighted by Gasteiger charge is 2.37. The van der Waals surface area contributed by atoms with Crippen LogP contribution in [-0.4, -0.2) is 60.3 Å². The lowest BCUT2D eigenvalue weighted by Gasteiger charge is -2.47. The second kappa shape index (κ2) is 9.49. The number of para-hydroxylation sites is 1. The number of nitrogens with one attached hydrogen (secondary N) is 1. The summed E-state index contributed by atoms with van der Waals surface area (Å²) in [4.78, 5) is 20.7. The highest BCUT2D eigenvalue weighted by atomic mass is 16.5. The molecule has 0 radical (unpaired) electrons. The Kier molecular flexibility index (Phi) is 6.29. The largest absolute Gasteiger partial charge is 0.494 e. The molecule has 1 N–H and O–H groups in total. The van der Waals surface area contributed by atoms with E-state index in [4.69, 9.17) is 14.5 Å². The van der Waals surface area contributed by atoms with Crippen LogP contribution in [0, 0.1) is 0 Å². The third-order valence-electron chi connectivity index (χ3n) is 6.76. The summed E-state index contributed by atoms with van der Waals surface area (Å²) in [5.74, 6) is 0.799. The second-order valence-electron chi connectivity index (χ2n) is 8.99. The lowest BCUT2D eigenvalue weighted by atomic mass is 9.84. The third kappa shape index (κ3) is 4.59. The Morgan fingerprint density at radius 2 is 1.97 bits per heavy atom. The molecule has 172 valence electrons. The third-order valence-corrected chi connectivity index (χ3v) is 6.76. The molecule has 1 atom stereocenters. The fourth-order valence-corrected chi connectivity index (χ4v) is 4.92. The van der Waals surface area contributed by atoms with E-state index in [9.17, 15) is 4.79 Å². The zero-order valence-corrected chi connectivity index (χ0v) is 19.3. The summed E-state index contributed by atoms with van der Waals surface area (Å²) in [7, 11) is 0. The van der Waals surface area contributed by atoms with E-state index in [0.717, 1.165) is 60.5 Å². The predicted octanol–water partition coefficient (Wildman–Crippen LogP) is 4.28. The lowest BCUT2D eigenvalue weighted by molar-refractivity contribution is -0.0449. The van der Waals surface area contributed by atoms with Gasteiger partial charge < -0.3 is 14.8 Å². The molecule has 3 aromatic rings. The molecule has 0 bridgehead atoms. The Morgan fingerprint density at radius 3 is 2.73 bits per heavy atom. The van der Waals surface area contributed by atoms with E-state index in [1.165, 1.54) is 0 Å². The summed E-state index contributed by atoms with van der Waals surface area (Å²) >= 11 is 0. The first-order chi connectivity index (χ1) is 16.1. The first-order valence-electron chi connectivity index (χ1n) is 11.9. The molecule has 6 nitrogen and oxygen atoms in total. The number of carbonyl (C=O) groups is 1. The summed E-state index contributed by atoms with van der Waals surface area (Å²) in [6, 6.07) is 18.8. The van der Waals surface area contributed by atoms with Gasteiger partial charge in [0.2, 0.25) is 0 Å². The number of rotatable bonds is 6. The molecule has 1 aromatic heterocycles.